The lowest BCUT2D eigenvalue weighted by Crippen LogP contribution is -2.13. The highest BCUT2D eigenvalue weighted by atomic mass is 32.1. The second-order valence-corrected chi connectivity index (χ2v) is 16.2. The molecule has 0 bridgehead atoms. The predicted molar refractivity (Wildman–Crippen MR) is 259 cm³/mol. The van der Waals surface area contributed by atoms with Crippen LogP contribution in [0.2, 0.25) is 0 Å². The first-order valence-corrected chi connectivity index (χ1v) is 21.3. The zero-order valence-electron chi connectivity index (χ0n) is 32.9. The van der Waals surface area contributed by atoms with E-state index < -0.39 is 0 Å². The summed E-state index contributed by atoms with van der Waals surface area (Å²) in [6.07, 6.45) is 0. The highest BCUT2D eigenvalue weighted by Gasteiger charge is 2.25. The van der Waals surface area contributed by atoms with Crippen molar-refractivity contribution in [1.29, 1.82) is 0 Å². The summed E-state index contributed by atoms with van der Waals surface area (Å²) >= 11 is 1.88. The van der Waals surface area contributed by atoms with Gasteiger partial charge < -0.3 is 4.90 Å². The van der Waals surface area contributed by atoms with Crippen molar-refractivity contribution in [3.63, 3.8) is 0 Å². The summed E-state index contributed by atoms with van der Waals surface area (Å²) in [5.74, 6) is 0. The first-order valence-electron chi connectivity index (χ1n) is 20.5. The molecule has 0 N–H and O–H groups in total. The monoisotopic (exact) mass is 781 g/mol. The number of hydrogen-bond acceptors (Lipinski definition) is 2. The van der Waals surface area contributed by atoms with Crippen LogP contribution < -0.4 is 4.90 Å². The van der Waals surface area contributed by atoms with E-state index in [4.69, 9.17) is 0 Å². The van der Waals surface area contributed by atoms with E-state index in [0.29, 0.717) is 0 Å². The van der Waals surface area contributed by atoms with Gasteiger partial charge in [0.1, 0.15) is 0 Å². The maximum atomic E-state index is 2.51. The molecule has 0 unspecified atom stereocenters. The van der Waals surface area contributed by atoms with Gasteiger partial charge in [-0.2, -0.15) is 0 Å². The number of anilines is 3. The third-order valence-corrected chi connectivity index (χ3v) is 12.9. The molecule has 0 aliphatic heterocycles. The topological polar surface area (TPSA) is 3.24 Å². The summed E-state index contributed by atoms with van der Waals surface area (Å²) in [5, 5.41) is 5.06. The summed E-state index contributed by atoms with van der Waals surface area (Å²) in [5.41, 5.74) is 15.2. The van der Waals surface area contributed by atoms with Crippen LogP contribution in [-0.2, 0) is 0 Å². The van der Waals surface area contributed by atoms with Crippen LogP contribution in [0.3, 0.4) is 0 Å². The van der Waals surface area contributed by atoms with Crippen LogP contribution in [0.5, 0.6) is 0 Å². The van der Waals surface area contributed by atoms with Gasteiger partial charge in [-0.25, -0.2) is 0 Å². The summed E-state index contributed by atoms with van der Waals surface area (Å²) in [6.45, 7) is 0. The maximum Gasteiger partial charge on any atom is 0.0546 e. The van der Waals surface area contributed by atoms with Crippen LogP contribution in [0.15, 0.2) is 237 Å². The fourth-order valence-corrected chi connectivity index (χ4v) is 10.2. The van der Waals surface area contributed by atoms with Crippen LogP contribution >= 0.6 is 11.3 Å². The molecule has 0 radical (unpaired) electrons. The van der Waals surface area contributed by atoms with Crippen LogP contribution in [-0.4, -0.2) is 0 Å². The van der Waals surface area contributed by atoms with E-state index in [1.807, 2.05) is 11.3 Å². The third kappa shape index (κ3) is 6.26. The lowest BCUT2D eigenvalue weighted by molar-refractivity contribution is 1.28. The molecule has 1 nitrogen and oxygen atoms in total. The number of hydrogen-bond donors (Lipinski definition) is 0. The Morgan fingerprint density at radius 2 is 0.817 bits per heavy atom. The number of para-hydroxylation sites is 1. The Balaban J connectivity index is 1.23. The van der Waals surface area contributed by atoms with Crippen molar-refractivity contribution < 1.29 is 0 Å². The summed E-state index contributed by atoms with van der Waals surface area (Å²) in [4.78, 5) is 2.51. The Morgan fingerprint density at radius 1 is 0.300 bits per heavy atom. The molecule has 0 fully saturated rings. The molecule has 0 spiro atoms. The van der Waals surface area contributed by atoms with E-state index in [0.717, 1.165) is 17.1 Å². The normalized spacial score (nSPS) is 11.3. The van der Waals surface area contributed by atoms with Crippen molar-refractivity contribution in [3.05, 3.63) is 237 Å². The molecule has 2 heteroatoms. The smallest absolute Gasteiger partial charge is 0.0546 e. The van der Waals surface area contributed by atoms with Crippen molar-refractivity contribution in [2.45, 2.75) is 0 Å². The Bertz CT molecular complexity index is 3320. The van der Waals surface area contributed by atoms with Crippen molar-refractivity contribution in [2.24, 2.45) is 0 Å². The predicted octanol–water partition coefficient (Wildman–Crippen LogP) is 17.0. The molecule has 11 aromatic rings. The van der Waals surface area contributed by atoms with Crippen molar-refractivity contribution in [3.8, 4) is 55.6 Å². The average molecular weight is 782 g/mol. The summed E-state index contributed by atoms with van der Waals surface area (Å²) in [6, 6.07) is 86.3. The lowest BCUT2D eigenvalue weighted by Gasteiger charge is -2.32. The molecule has 1 aromatic heterocycles. The first kappa shape index (κ1) is 35.6. The highest BCUT2D eigenvalue weighted by molar-refractivity contribution is 7.26. The largest absolute Gasteiger partial charge is 0.309 e. The minimum absolute atomic E-state index is 1.08. The van der Waals surface area contributed by atoms with E-state index in [2.05, 4.69) is 241 Å². The van der Waals surface area contributed by atoms with Crippen LogP contribution in [0.4, 0.5) is 17.1 Å². The van der Waals surface area contributed by atoms with Gasteiger partial charge in [-0.3, -0.25) is 0 Å². The minimum atomic E-state index is 1.08. The van der Waals surface area contributed by atoms with Crippen LogP contribution in [0, 0.1) is 0 Å². The van der Waals surface area contributed by atoms with E-state index in [-0.39, 0.29) is 0 Å². The first-order chi connectivity index (χ1) is 29.8. The van der Waals surface area contributed by atoms with Gasteiger partial charge in [0.05, 0.1) is 11.4 Å². The van der Waals surface area contributed by atoms with E-state index >= 15 is 0 Å². The Hall–Kier alpha value is -7.52. The Labute approximate surface area is 354 Å². The zero-order valence-corrected chi connectivity index (χ0v) is 33.7. The van der Waals surface area contributed by atoms with E-state index in [1.165, 1.54) is 86.6 Å². The summed E-state index contributed by atoms with van der Waals surface area (Å²) < 4.78 is 2.59. The number of rotatable bonds is 8. The molecule has 0 saturated carbocycles. The van der Waals surface area contributed by atoms with Crippen LogP contribution in [0.1, 0.15) is 0 Å². The van der Waals surface area contributed by atoms with E-state index in [9.17, 15) is 0 Å². The minimum Gasteiger partial charge on any atom is -0.309 e. The third-order valence-electron chi connectivity index (χ3n) is 11.7. The van der Waals surface area contributed by atoms with Gasteiger partial charge in [0, 0.05) is 42.6 Å². The van der Waals surface area contributed by atoms with Crippen LogP contribution in [0.25, 0.3) is 86.6 Å². The lowest BCUT2D eigenvalue weighted by atomic mass is 9.87. The molecule has 0 atom stereocenters. The van der Waals surface area contributed by atoms with Crippen molar-refractivity contribution >= 4 is 59.3 Å². The second-order valence-electron chi connectivity index (χ2n) is 15.2. The molecule has 282 valence electrons. The molecular weight excluding hydrogens is 743 g/mol. The van der Waals surface area contributed by atoms with Gasteiger partial charge >= 0.3 is 0 Å². The molecule has 1 heterocycles. The number of thiophene rings is 1. The zero-order chi connectivity index (χ0) is 39.8. The van der Waals surface area contributed by atoms with Gasteiger partial charge in [-0.15, -0.1) is 11.3 Å². The van der Waals surface area contributed by atoms with Crippen molar-refractivity contribution in [2.75, 3.05) is 4.90 Å². The van der Waals surface area contributed by atoms with Crippen molar-refractivity contribution in [1.82, 2.24) is 0 Å². The average Bonchev–Trinajstić information content (AvgIpc) is 3.71. The standard InChI is InChI=1S/C58H39NS/c1-3-19-40(20-4-1)46-28-9-10-31-51(46)57-48(42-21-5-2-6-22-42)33-18-37-55(57)59(44-26-15-25-43(39-44)47-32-16-24-41-23-7-8-27-45(41)47)54-36-13-11-29-49(54)52-34-17-35-53-50-30-12-14-38-56(50)60-58(52)53/h1-39H. The molecule has 0 amide bonds. The highest BCUT2D eigenvalue weighted by Crippen LogP contribution is 2.51. The van der Waals surface area contributed by atoms with Gasteiger partial charge in [-0.05, 0) is 80.0 Å². The second kappa shape index (κ2) is 15.3. The molecular formula is C58H39NS. The quantitative estimate of drug-likeness (QED) is 0.148. The Morgan fingerprint density at radius 3 is 1.65 bits per heavy atom. The molecule has 60 heavy (non-hydrogen) atoms. The molecule has 0 aliphatic rings. The van der Waals surface area contributed by atoms with Gasteiger partial charge in [0.2, 0.25) is 0 Å². The van der Waals surface area contributed by atoms with Gasteiger partial charge in [0.15, 0.2) is 0 Å². The molecule has 0 aliphatic carbocycles. The van der Waals surface area contributed by atoms with Gasteiger partial charge in [-0.1, -0.05) is 206 Å². The maximum absolute atomic E-state index is 2.51. The SMILES string of the molecule is c1ccc(-c2ccccc2-c2c(-c3ccccc3)cccc2N(c2cccc(-c3cccc4ccccc34)c2)c2ccccc2-c2cccc3c2sc2ccccc23)cc1. The fourth-order valence-electron chi connectivity index (χ4n) is 8.99. The molecule has 0 saturated heterocycles. The molecule has 11 rings (SSSR count). The number of benzene rings is 10. The van der Waals surface area contributed by atoms with Gasteiger partial charge in [0.25, 0.3) is 0 Å². The summed E-state index contributed by atoms with van der Waals surface area (Å²) in [7, 11) is 0. The number of nitrogens with zero attached hydrogens (tertiary/aromatic N) is 1. The molecule has 10 aromatic carbocycles. The fraction of sp³-hybridized carbons (Fsp3) is 0. The number of fused-ring (bicyclic) bond motifs is 4. The van der Waals surface area contributed by atoms with E-state index in [1.54, 1.807) is 0 Å². The Kier molecular flexibility index (Phi) is 9.11.